The Morgan fingerprint density at radius 3 is 2.27 bits per heavy atom. The highest BCUT2D eigenvalue weighted by molar-refractivity contribution is 6.40. The molecule has 3 N–H and O–H groups in total. The normalized spacial score (nSPS) is 18.9. The van der Waals surface area contributed by atoms with Gasteiger partial charge in [0.15, 0.2) is 0 Å². The maximum Gasteiger partial charge on any atom is 0.313 e. The number of hydrogen-bond donors (Lipinski definition) is 3. The third kappa shape index (κ3) is 5.11. The van der Waals surface area contributed by atoms with Crippen LogP contribution in [0.5, 0.6) is 5.75 Å². The van der Waals surface area contributed by atoms with Crippen LogP contribution in [0.3, 0.4) is 0 Å². The van der Waals surface area contributed by atoms with Gasteiger partial charge in [0.05, 0.1) is 12.8 Å². The van der Waals surface area contributed by atoms with Gasteiger partial charge in [-0.3, -0.25) is 9.59 Å². The first kappa shape index (κ1) is 20.5. The topological polar surface area (TPSA) is 79.5 Å². The van der Waals surface area contributed by atoms with Crippen molar-refractivity contribution in [2.75, 3.05) is 12.4 Å². The fraction of sp³-hybridized carbons (Fsp3) is 0.579. The summed E-state index contributed by atoms with van der Waals surface area (Å²) in [6.07, 6.45) is 1.50. The standard InChI is InChI=1S/C19H28ClN3O3/c1-11-7-14(15(26-6)8-13(11)20)22-17(25)16(24)21-12-9-18(2,3)23-19(4,5)10-12/h7-8,12,23H,9-10H2,1-6H3,(H,21,24)(H,22,25). The summed E-state index contributed by atoms with van der Waals surface area (Å²) in [6.45, 7) is 10.2. The Bertz CT molecular complexity index is 700. The lowest BCUT2D eigenvalue weighted by atomic mass is 9.79. The van der Waals surface area contributed by atoms with Crippen molar-refractivity contribution in [3.63, 3.8) is 0 Å². The number of hydrogen-bond acceptors (Lipinski definition) is 4. The Hall–Kier alpha value is -1.79. The van der Waals surface area contributed by atoms with E-state index in [2.05, 4.69) is 43.6 Å². The number of rotatable bonds is 3. The monoisotopic (exact) mass is 381 g/mol. The number of halogens is 1. The molecule has 0 unspecified atom stereocenters. The minimum Gasteiger partial charge on any atom is -0.495 e. The van der Waals surface area contributed by atoms with Crippen molar-refractivity contribution < 1.29 is 14.3 Å². The summed E-state index contributed by atoms with van der Waals surface area (Å²) in [4.78, 5) is 24.7. The van der Waals surface area contributed by atoms with Crippen molar-refractivity contribution in [3.05, 3.63) is 22.7 Å². The van der Waals surface area contributed by atoms with Crippen LogP contribution in [0.2, 0.25) is 5.02 Å². The number of aryl methyl sites for hydroxylation is 1. The van der Waals surface area contributed by atoms with Gasteiger partial charge in [-0.1, -0.05) is 11.6 Å². The first-order chi connectivity index (χ1) is 11.9. The molecule has 0 spiro atoms. The van der Waals surface area contributed by atoms with Gasteiger partial charge in [-0.15, -0.1) is 0 Å². The second-order valence-electron chi connectivity index (χ2n) is 8.23. The van der Waals surface area contributed by atoms with Crippen LogP contribution in [-0.2, 0) is 9.59 Å². The molecule has 0 aromatic heterocycles. The van der Waals surface area contributed by atoms with Gasteiger partial charge in [-0.25, -0.2) is 0 Å². The van der Waals surface area contributed by atoms with E-state index >= 15 is 0 Å². The minimum atomic E-state index is -0.723. The van der Waals surface area contributed by atoms with Crippen molar-refractivity contribution in [1.29, 1.82) is 0 Å². The van der Waals surface area contributed by atoms with Crippen LogP contribution in [0.25, 0.3) is 0 Å². The van der Waals surface area contributed by atoms with E-state index in [1.807, 2.05) is 6.92 Å². The molecule has 1 aromatic rings. The van der Waals surface area contributed by atoms with Gasteiger partial charge in [0.1, 0.15) is 5.75 Å². The number of carbonyl (C=O) groups is 2. The predicted molar refractivity (Wildman–Crippen MR) is 104 cm³/mol. The van der Waals surface area contributed by atoms with Crippen LogP contribution in [-0.4, -0.2) is 36.0 Å². The molecule has 0 radical (unpaired) electrons. The van der Waals surface area contributed by atoms with E-state index in [1.54, 1.807) is 12.1 Å². The number of nitrogens with one attached hydrogen (secondary N) is 3. The molecule has 1 heterocycles. The highest BCUT2D eigenvalue weighted by Crippen LogP contribution is 2.31. The van der Waals surface area contributed by atoms with Gasteiger partial charge in [-0.05, 0) is 59.1 Å². The number of benzene rings is 1. The number of ether oxygens (including phenoxy) is 1. The van der Waals surface area contributed by atoms with Crippen LogP contribution in [0.1, 0.15) is 46.1 Å². The quantitative estimate of drug-likeness (QED) is 0.703. The van der Waals surface area contributed by atoms with E-state index in [-0.39, 0.29) is 17.1 Å². The molecule has 144 valence electrons. The van der Waals surface area contributed by atoms with Gasteiger partial charge in [0, 0.05) is 28.2 Å². The third-order valence-corrected chi connectivity index (χ3v) is 4.87. The van der Waals surface area contributed by atoms with Crippen LogP contribution in [0.4, 0.5) is 5.69 Å². The Kier molecular flexibility index (Phi) is 5.88. The zero-order valence-corrected chi connectivity index (χ0v) is 17.0. The molecule has 1 saturated heterocycles. The number of piperidine rings is 1. The van der Waals surface area contributed by atoms with E-state index in [9.17, 15) is 9.59 Å². The van der Waals surface area contributed by atoms with E-state index in [0.717, 1.165) is 18.4 Å². The average Bonchev–Trinajstić information content (AvgIpc) is 2.47. The molecular formula is C19H28ClN3O3. The highest BCUT2D eigenvalue weighted by atomic mass is 35.5. The summed E-state index contributed by atoms with van der Waals surface area (Å²) in [5.74, 6) is -0.969. The molecule has 1 aliphatic heterocycles. The molecule has 1 aliphatic rings. The summed E-state index contributed by atoms with van der Waals surface area (Å²) < 4.78 is 5.23. The van der Waals surface area contributed by atoms with E-state index in [4.69, 9.17) is 16.3 Å². The summed E-state index contributed by atoms with van der Waals surface area (Å²) >= 11 is 6.07. The lowest BCUT2D eigenvalue weighted by molar-refractivity contribution is -0.137. The summed E-state index contributed by atoms with van der Waals surface area (Å²) in [5, 5.41) is 9.55. The Morgan fingerprint density at radius 1 is 1.15 bits per heavy atom. The third-order valence-electron chi connectivity index (χ3n) is 4.46. The van der Waals surface area contributed by atoms with Gasteiger partial charge in [0.2, 0.25) is 0 Å². The summed E-state index contributed by atoms with van der Waals surface area (Å²) in [5.41, 5.74) is 0.963. The maximum atomic E-state index is 12.4. The van der Waals surface area contributed by atoms with Crippen LogP contribution >= 0.6 is 11.6 Å². The second-order valence-corrected chi connectivity index (χ2v) is 8.63. The lowest BCUT2D eigenvalue weighted by Crippen LogP contribution is -2.62. The molecule has 6 nitrogen and oxygen atoms in total. The molecule has 1 aromatic carbocycles. The fourth-order valence-electron chi connectivity index (χ4n) is 3.78. The van der Waals surface area contributed by atoms with Crippen LogP contribution < -0.4 is 20.7 Å². The zero-order valence-electron chi connectivity index (χ0n) is 16.2. The highest BCUT2D eigenvalue weighted by Gasteiger charge is 2.38. The van der Waals surface area contributed by atoms with Crippen LogP contribution in [0.15, 0.2) is 12.1 Å². The predicted octanol–water partition coefficient (Wildman–Crippen LogP) is 3.02. The number of anilines is 1. The first-order valence-electron chi connectivity index (χ1n) is 8.68. The van der Waals surface area contributed by atoms with Gasteiger partial charge >= 0.3 is 11.8 Å². The number of amides is 2. The summed E-state index contributed by atoms with van der Waals surface area (Å²) in [7, 11) is 1.48. The van der Waals surface area contributed by atoms with E-state index in [1.165, 1.54) is 7.11 Å². The molecule has 0 bridgehead atoms. The van der Waals surface area contributed by atoms with Gasteiger partial charge in [-0.2, -0.15) is 0 Å². The SMILES string of the molecule is COc1cc(Cl)c(C)cc1NC(=O)C(=O)NC1CC(C)(C)NC(C)(C)C1. The second kappa shape index (κ2) is 7.45. The summed E-state index contributed by atoms with van der Waals surface area (Å²) in [6, 6.07) is 3.22. The number of methoxy groups -OCH3 is 1. The molecule has 0 aliphatic carbocycles. The van der Waals surface area contributed by atoms with Crippen molar-refractivity contribution in [2.24, 2.45) is 0 Å². The fourth-order valence-corrected chi connectivity index (χ4v) is 3.94. The smallest absolute Gasteiger partial charge is 0.313 e. The molecule has 7 heteroatoms. The molecule has 2 rings (SSSR count). The van der Waals surface area contributed by atoms with Gasteiger partial charge in [0.25, 0.3) is 0 Å². The van der Waals surface area contributed by atoms with E-state index < -0.39 is 11.8 Å². The molecule has 0 atom stereocenters. The molecule has 2 amide bonds. The Balaban J connectivity index is 2.07. The van der Waals surface area contributed by atoms with E-state index in [0.29, 0.717) is 16.5 Å². The Morgan fingerprint density at radius 2 is 1.73 bits per heavy atom. The lowest BCUT2D eigenvalue weighted by Gasteiger charge is -2.46. The molecule has 1 fully saturated rings. The first-order valence-corrected chi connectivity index (χ1v) is 9.05. The minimum absolute atomic E-state index is 0.0756. The van der Waals surface area contributed by atoms with Crippen LogP contribution in [0, 0.1) is 6.92 Å². The Labute approximate surface area is 160 Å². The number of carbonyl (C=O) groups excluding carboxylic acids is 2. The van der Waals surface area contributed by atoms with Crippen molar-refractivity contribution in [3.8, 4) is 5.75 Å². The van der Waals surface area contributed by atoms with Crippen molar-refractivity contribution in [2.45, 2.75) is 64.6 Å². The molecule has 26 heavy (non-hydrogen) atoms. The zero-order chi connectivity index (χ0) is 19.7. The molecular weight excluding hydrogens is 354 g/mol. The van der Waals surface area contributed by atoms with Crippen molar-refractivity contribution >= 4 is 29.1 Å². The van der Waals surface area contributed by atoms with Gasteiger partial charge < -0.3 is 20.7 Å². The largest absolute Gasteiger partial charge is 0.495 e. The van der Waals surface area contributed by atoms with Crippen molar-refractivity contribution in [1.82, 2.24) is 10.6 Å². The average molecular weight is 382 g/mol. The molecule has 0 saturated carbocycles. The maximum absolute atomic E-state index is 12.4.